The molecule has 0 amide bonds. The lowest BCUT2D eigenvalue weighted by molar-refractivity contribution is 0.151. The first-order valence-electron chi connectivity index (χ1n) is 5.94. The Hall–Kier alpha value is -1.59. The molecule has 4 nitrogen and oxygen atoms in total. The van der Waals surface area contributed by atoms with Gasteiger partial charge in [0.1, 0.15) is 18.5 Å². The molecule has 0 bridgehead atoms. The van der Waals surface area contributed by atoms with E-state index >= 15 is 0 Å². The fraction of sp³-hybridized carbons (Fsp3) is 0.286. The normalized spacial score (nSPS) is 13.4. The number of hydrogen-bond acceptors (Lipinski definition) is 4. The van der Waals surface area contributed by atoms with Gasteiger partial charge in [-0.1, -0.05) is 36.4 Å². The fourth-order valence-electron chi connectivity index (χ4n) is 1.85. The van der Waals surface area contributed by atoms with E-state index in [2.05, 4.69) is 0 Å². The average Bonchev–Trinajstić information content (AvgIpc) is 2.34. The molecule has 2 rings (SSSR count). The van der Waals surface area contributed by atoms with Gasteiger partial charge in [-0.3, -0.25) is 4.18 Å². The average molecular weight is 280 g/mol. The van der Waals surface area contributed by atoms with Crippen molar-refractivity contribution in [3.05, 3.63) is 42.5 Å². The van der Waals surface area contributed by atoms with Crippen LogP contribution in [-0.2, 0) is 14.3 Å². The standard InChI is InChI=1S/C14H16O4S/c1-11(18-19(2,15)16)10-17-14-9-5-7-12-6-3-4-8-13(12)14/h3-9,11H,10H2,1-2H3. The summed E-state index contributed by atoms with van der Waals surface area (Å²) >= 11 is 0. The van der Waals surface area contributed by atoms with E-state index in [9.17, 15) is 8.42 Å². The zero-order valence-corrected chi connectivity index (χ0v) is 11.7. The molecule has 0 heterocycles. The Balaban J connectivity index is 2.10. The van der Waals surface area contributed by atoms with Crippen LogP contribution >= 0.6 is 0 Å². The minimum Gasteiger partial charge on any atom is -0.490 e. The molecule has 0 aliphatic rings. The minimum atomic E-state index is -3.45. The lowest BCUT2D eigenvalue weighted by atomic mass is 10.1. The summed E-state index contributed by atoms with van der Waals surface area (Å²) in [5.74, 6) is 0.724. The highest BCUT2D eigenvalue weighted by atomic mass is 32.2. The van der Waals surface area contributed by atoms with Gasteiger partial charge in [0, 0.05) is 5.39 Å². The van der Waals surface area contributed by atoms with Gasteiger partial charge in [0.15, 0.2) is 0 Å². The zero-order chi connectivity index (χ0) is 13.9. The molecule has 0 aromatic heterocycles. The van der Waals surface area contributed by atoms with Crippen molar-refractivity contribution in [1.29, 1.82) is 0 Å². The van der Waals surface area contributed by atoms with Crippen molar-refractivity contribution in [2.45, 2.75) is 13.0 Å². The van der Waals surface area contributed by atoms with Crippen molar-refractivity contribution in [2.75, 3.05) is 12.9 Å². The van der Waals surface area contributed by atoms with Gasteiger partial charge in [-0.15, -0.1) is 0 Å². The van der Waals surface area contributed by atoms with Crippen LogP contribution in [0.5, 0.6) is 5.75 Å². The van der Waals surface area contributed by atoms with Crippen molar-refractivity contribution < 1.29 is 17.3 Å². The molecular weight excluding hydrogens is 264 g/mol. The summed E-state index contributed by atoms with van der Waals surface area (Å²) in [6.07, 6.45) is 0.510. The first-order valence-corrected chi connectivity index (χ1v) is 7.76. The van der Waals surface area contributed by atoms with Crippen molar-refractivity contribution in [3.8, 4) is 5.75 Å². The highest BCUT2D eigenvalue weighted by Crippen LogP contribution is 2.25. The summed E-state index contributed by atoms with van der Waals surface area (Å²) in [5.41, 5.74) is 0. The predicted octanol–water partition coefficient (Wildman–Crippen LogP) is 2.58. The molecule has 19 heavy (non-hydrogen) atoms. The Morgan fingerprint density at radius 3 is 2.53 bits per heavy atom. The Bertz CT molecular complexity index is 659. The summed E-state index contributed by atoms with van der Waals surface area (Å²) in [7, 11) is -3.45. The van der Waals surface area contributed by atoms with Gasteiger partial charge in [-0.05, 0) is 18.4 Å². The van der Waals surface area contributed by atoms with Crippen LogP contribution in [0.3, 0.4) is 0 Å². The van der Waals surface area contributed by atoms with Crippen LogP contribution < -0.4 is 4.74 Å². The van der Waals surface area contributed by atoms with Crippen molar-refractivity contribution in [3.63, 3.8) is 0 Å². The highest BCUT2D eigenvalue weighted by molar-refractivity contribution is 7.86. The second-order valence-corrected chi connectivity index (χ2v) is 6.00. The summed E-state index contributed by atoms with van der Waals surface area (Å²) in [5, 5.41) is 2.08. The van der Waals surface area contributed by atoms with E-state index in [0.717, 1.165) is 22.8 Å². The van der Waals surface area contributed by atoms with Crippen LogP contribution in [-0.4, -0.2) is 27.4 Å². The van der Waals surface area contributed by atoms with Crippen molar-refractivity contribution >= 4 is 20.9 Å². The Morgan fingerprint density at radius 1 is 1.11 bits per heavy atom. The summed E-state index contributed by atoms with van der Waals surface area (Å²) < 4.78 is 32.4. The van der Waals surface area contributed by atoms with E-state index in [1.165, 1.54) is 0 Å². The van der Waals surface area contributed by atoms with Crippen LogP contribution in [0.15, 0.2) is 42.5 Å². The van der Waals surface area contributed by atoms with E-state index in [4.69, 9.17) is 8.92 Å². The van der Waals surface area contributed by atoms with E-state index in [0.29, 0.717) is 0 Å². The molecule has 0 radical (unpaired) electrons. The third kappa shape index (κ3) is 3.94. The summed E-state index contributed by atoms with van der Waals surface area (Å²) in [4.78, 5) is 0. The zero-order valence-electron chi connectivity index (χ0n) is 10.9. The maximum Gasteiger partial charge on any atom is 0.264 e. The largest absolute Gasteiger partial charge is 0.490 e. The third-order valence-corrected chi connectivity index (χ3v) is 3.24. The van der Waals surface area contributed by atoms with E-state index in [1.807, 2.05) is 42.5 Å². The third-order valence-electron chi connectivity index (χ3n) is 2.56. The van der Waals surface area contributed by atoms with E-state index < -0.39 is 16.2 Å². The lowest BCUT2D eigenvalue weighted by Gasteiger charge is -2.14. The van der Waals surface area contributed by atoms with Gasteiger partial charge < -0.3 is 4.74 Å². The molecule has 0 saturated heterocycles. The summed E-state index contributed by atoms with van der Waals surface area (Å²) in [6.45, 7) is 1.84. The second kappa shape index (κ2) is 5.59. The molecule has 0 spiro atoms. The molecule has 1 unspecified atom stereocenters. The maximum atomic E-state index is 11.0. The molecular formula is C14H16O4S. The van der Waals surface area contributed by atoms with Crippen molar-refractivity contribution in [1.82, 2.24) is 0 Å². The topological polar surface area (TPSA) is 52.6 Å². The Morgan fingerprint density at radius 2 is 1.79 bits per heavy atom. The molecule has 0 aliphatic carbocycles. The SMILES string of the molecule is CC(COc1cccc2ccccc12)OS(C)(=O)=O. The van der Waals surface area contributed by atoms with Crippen LogP contribution in [0.25, 0.3) is 10.8 Å². The van der Waals surface area contributed by atoms with Gasteiger partial charge in [0.2, 0.25) is 0 Å². The molecule has 0 saturated carbocycles. The van der Waals surface area contributed by atoms with E-state index in [1.54, 1.807) is 6.92 Å². The number of fused-ring (bicyclic) bond motifs is 1. The van der Waals surface area contributed by atoms with E-state index in [-0.39, 0.29) is 6.61 Å². The Labute approximate surface area is 113 Å². The number of ether oxygens (including phenoxy) is 1. The second-order valence-electron chi connectivity index (χ2n) is 4.40. The first kappa shape index (κ1) is 13.8. The minimum absolute atomic E-state index is 0.182. The van der Waals surface area contributed by atoms with Crippen LogP contribution in [0, 0.1) is 0 Å². The van der Waals surface area contributed by atoms with Gasteiger partial charge in [0.25, 0.3) is 10.1 Å². The van der Waals surface area contributed by atoms with Crippen LogP contribution in [0.2, 0.25) is 0 Å². The van der Waals surface area contributed by atoms with Crippen LogP contribution in [0.1, 0.15) is 6.92 Å². The molecule has 5 heteroatoms. The molecule has 0 N–H and O–H groups in total. The maximum absolute atomic E-state index is 11.0. The lowest BCUT2D eigenvalue weighted by Crippen LogP contribution is -2.21. The molecule has 0 fully saturated rings. The molecule has 2 aromatic rings. The smallest absolute Gasteiger partial charge is 0.264 e. The molecule has 0 aliphatic heterocycles. The monoisotopic (exact) mass is 280 g/mol. The van der Waals surface area contributed by atoms with Crippen LogP contribution in [0.4, 0.5) is 0 Å². The number of benzene rings is 2. The van der Waals surface area contributed by atoms with Gasteiger partial charge >= 0.3 is 0 Å². The van der Waals surface area contributed by atoms with Crippen molar-refractivity contribution in [2.24, 2.45) is 0 Å². The fourth-order valence-corrected chi connectivity index (χ4v) is 2.51. The summed E-state index contributed by atoms with van der Waals surface area (Å²) in [6, 6.07) is 13.6. The number of rotatable bonds is 5. The Kier molecular flexibility index (Phi) is 4.07. The quantitative estimate of drug-likeness (QED) is 0.790. The molecule has 2 aromatic carbocycles. The van der Waals surface area contributed by atoms with Gasteiger partial charge in [-0.25, -0.2) is 0 Å². The van der Waals surface area contributed by atoms with Gasteiger partial charge in [0.05, 0.1) is 6.26 Å². The molecule has 1 atom stereocenters. The van der Waals surface area contributed by atoms with Gasteiger partial charge in [-0.2, -0.15) is 8.42 Å². The predicted molar refractivity (Wildman–Crippen MR) is 74.8 cm³/mol. The highest BCUT2D eigenvalue weighted by Gasteiger charge is 2.11. The molecule has 102 valence electrons. The first-order chi connectivity index (χ1) is 8.96. The number of hydrogen-bond donors (Lipinski definition) is 0.